The molecule has 13 heteroatoms. The van der Waals surface area contributed by atoms with E-state index in [1.807, 2.05) is 6.08 Å². The number of carboxylic acid groups (broad SMARTS) is 1. The fourth-order valence-electron chi connectivity index (χ4n) is 8.19. The standard InChI is InChI=1S/C37H30ClFN2O9/c1-37-24(10-3-17-4-12-28(42)30(13-17)50-2)20-8-9-22-31(34(46)40(32(22)44)19-5-7-21(35(47)48)29(43)15-19)23(20)16-25(37)33(45)41(36(37)49)18-6-11-27(39)26(38)14-18/h3-8,10-15,22-25,31,42-43H,9,16H2,1-2H3,(H,47,48). The van der Waals surface area contributed by atoms with Crippen LogP contribution < -0.4 is 14.5 Å². The fraction of sp³-hybridized carbons (Fsp3) is 0.270. The van der Waals surface area contributed by atoms with Gasteiger partial charge in [-0.05, 0) is 73.7 Å². The Balaban J connectivity index is 1.32. The molecule has 7 rings (SSSR count). The number of ether oxygens (including phenoxy) is 1. The Morgan fingerprint density at radius 3 is 2.34 bits per heavy atom. The van der Waals surface area contributed by atoms with Crippen LogP contribution in [0.25, 0.3) is 6.08 Å². The number of fused-ring (bicyclic) bond motifs is 4. The van der Waals surface area contributed by atoms with Crippen LogP contribution in [0.5, 0.6) is 17.2 Å². The molecule has 3 aromatic rings. The van der Waals surface area contributed by atoms with E-state index in [-0.39, 0.29) is 40.7 Å². The molecule has 0 bridgehead atoms. The highest BCUT2D eigenvalue weighted by atomic mass is 35.5. The van der Waals surface area contributed by atoms with Crippen LogP contribution in [0.1, 0.15) is 35.7 Å². The summed E-state index contributed by atoms with van der Waals surface area (Å²) in [4.78, 5) is 70.1. The quantitative estimate of drug-likeness (QED) is 0.220. The number of imide groups is 2. The van der Waals surface area contributed by atoms with E-state index in [1.54, 1.807) is 31.2 Å². The van der Waals surface area contributed by atoms with Crippen LogP contribution >= 0.6 is 11.6 Å². The summed E-state index contributed by atoms with van der Waals surface area (Å²) in [5.74, 6) is -8.74. The maximum Gasteiger partial charge on any atom is 0.339 e. The Labute approximate surface area is 289 Å². The number of carbonyl (C=O) groups is 5. The number of amides is 4. The second-order valence-electron chi connectivity index (χ2n) is 13.1. The van der Waals surface area contributed by atoms with Crippen molar-refractivity contribution < 1.29 is 48.4 Å². The fourth-order valence-corrected chi connectivity index (χ4v) is 8.36. The molecular formula is C37H30ClFN2O9. The number of aromatic carboxylic acids is 1. The molecule has 6 atom stereocenters. The molecule has 2 aliphatic heterocycles. The molecule has 50 heavy (non-hydrogen) atoms. The van der Waals surface area contributed by atoms with E-state index < -0.39 is 81.7 Å². The second kappa shape index (κ2) is 11.8. The molecule has 256 valence electrons. The molecule has 2 aliphatic carbocycles. The first kappa shape index (κ1) is 33.0. The van der Waals surface area contributed by atoms with Gasteiger partial charge in [0.1, 0.15) is 17.1 Å². The zero-order chi connectivity index (χ0) is 35.8. The highest BCUT2D eigenvalue weighted by Crippen LogP contribution is 2.61. The summed E-state index contributed by atoms with van der Waals surface area (Å²) >= 11 is 6.05. The van der Waals surface area contributed by atoms with Gasteiger partial charge in [-0.25, -0.2) is 19.0 Å². The lowest BCUT2D eigenvalue weighted by Gasteiger charge is -2.47. The summed E-state index contributed by atoms with van der Waals surface area (Å²) in [6.45, 7) is 1.69. The number of methoxy groups -OCH3 is 1. The third-order valence-corrected chi connectivity index (χ3v) is 11.0. The van der Waals surface area contributed by atoms with Crippen molar-refractivity contribution in [3.8, 4) is 17.2 Å². The van der Waals surface area contributed by atoms with Crippen molar-refractivity contribution in [3.05, 3.63) is 94.3 Å². The molecule has 1 saturated carbocycles. The number of allylic oxidation sites excluding steroid dienone is 3. The number of halogens is 2. The highest BCUT2D eigenvalue weighted by molar-refractivity contribution is 6.32. The van der Waals surface area contributed by atoms with Gasteiger partial charge >= 0.3 is 5.97 Å². The lowest BCUT2D eigenvalue weighted by atomic mass is 9.52. The number of phenols is 2. The van der Waals surface area contributed by atoms with Crippen LogP contribution in [-0.4, -0.2) is 52.0 Å². The van der Waals surface area contributed by atoms with Gasteiger partial charge in [0, 0.05) is 12.0 Å². The van der Waals surface area contributed by atoms with Gasteiger partial charge in [-0.2, -0.15) is 0 Å². The zero-order valence-corrected chi connectivity index (χ0v) is 27.4. The van der Waals surface area contributed by atoms with E-state index in [2.05, 4.69) is 0 Å². The molecule has 2 saturated heterocycles. The summed E-state index contributed by atoms with van der Waals surface area (Å²) in [7, 11) is 1.41. The van der Waals surface area contributed by atoms with Crippen molar-refractivity contribution in [1.29, 1.82) is 0 Å². The molecule has 2 heterocycles. The van der Waals surface area contributed by atoms with Crippen molar-refractivity contribution in [3.63, 3.8) is 0 Å². The number of anilines is 2. The Hall–Kier alpha value is -5.49. The van der Waals surface area contributed by atoms with Crippen LogP contribution in [0.4, 0.5) is 15.8 Å². The van der Waals surface area contributed by atoms with Crippen LogP contribution in [0, 0.1) is 40.8 Å². The third-order valence-electron chi connectivity index (χ3n) is 10.7. The largest absolute Gasteiger partial charge is 0.507 e. The van der Waals surface area contributed by atoms with Crippen LogP contribution in [0.2, 0.25) is 5.02 Å². The number of nitrogens with zero attached hydrogens (tertiary/aromatic N) is 2. The summed E-state index contributed by atoms with van der Waals surface area (Å²) < 4.78 is 19.4. The van der Waals surface area contributed by atoms with Crippen molar-refractivity contribution in [1.82, 2.24) is 0 Å². The predicted molar refractivity (Wildman–Crippen MR) is 178 cm³/mol. The Morgan fingerprint density at radius 1 is 0.940 bits per heavy atom. The molecule has 4 aliphatic rings. The van der Waals surface area contributed by atoms with Crippen LogP contribution in [0.3, 0.4) is 0 Å². The lowest BCUT2D eigenvalue weighted by Crippen LogP contribution is -2.49. The number of rotatable bonds is 6. The number of phenolic OH excluding ortho intramolecular Hbond substituents is 1. The molecule has 3 fully saturated rings. The third kappa shape index (κ3) is 4.80. The second-order valence-corrected chi connectivity index (χ2v) is 13.5. The van der Waals surface area contributed by atoms with E-state index in [9.17, 15) is 43.7 Å². The lowest BCUT2D eigenvalue weighted by molar-refractivity contribution is -0.132. The summed E-state index contributed by atoms with van der Waals surface area (Å²) in [5.41, 5.74) is -0.293. The molecule has 3 N–H and O–H groups in total. The number of aromatic hydroxyl groups is 2. The van der Waals surface area contributed by atoms with Crippen LogP contribution in [0.15, 0.2) is 72.3 Å². The molecule has 0 spiro atoms. The first-order valence-electron chi connectivity index (χ1n) is 15.8. The average Bonchev–Trinajstić information content (AvgIpc) is 3.45. The van der Waals surface area contributed by atoms with Gasteiger partial charge in [0.15, 0.2) is 11.5 Å². The summed E-state index contributed by atoms with van der Waals surface area (Å²) in [6.07, 6.45) is 5.60. The van der Waals surface area contributed by atoms with E-state index >= 15 is 0 Å². The van der Waals surface area contributed by atoms with Gasteiger partial charge < -0.3 is 20.1 Å². The van der Waals surface area contributed by atoms with Gasteiger partial charge in [0.05, 0.1) is 46.7 Å². The van der Waals surface area contributed by atoms with E-state index in [0.717, 1.165) is 28.0 Å². The first-order chi connectivity index (χ1) is 23.8. The predicted octanol–water partition coefficient (Wildman–Crippen LogP) is 5.58. The molecule has 4 amide bonds. The normalized spacial score (nSPS) is 27.4. The Bertz CT molecular complexity index is 2100. The van der Waals surface area contributed by atoms with Gasteiger partial charge in [-0.3, -0.25) is 19.2 Å². The van der Waals surface area contributed by atoms with Crippen molar-refractivity contribution >= 4 is 58.6 Å². The SMILES string of the molecule is COc1cc(C=CC2C3=CCC4C(=O)N(c5ccc(C(=O)O)c(O)c5)C(=O)C4C3CC3C(=O)N(c4ccc(F)c(Cl)c4)C(=O)C23C)ccc1O. The average molecular weight is 701 g/mol. The molecular weight excluding hydrogens is 671 g/mol. The highest BCUT2D eigenvalue weighted by Gasteiger charge is 2.67. The Kier molecular flexibility index (Phi) is 7.82. The molecule has 6 unspecified atom stereocenters. The number of hydrogen-bond acceptors (Lipinski definition) is 8. The number of carboxylic acids is 1. The van der Waals surface area contributed by atoms with E-state index in [0.29, 0.717) is 11.1 Å². The van der Waals surface area contributed by atoms with E-state index in [4.69, 9.17) is 16.3 Å². The monoisotopic (exact) mass is 700 g/mol. The minimum Gasteiger partial charge on any atom is -0.507 e. The van der Waals surface area contributed by atoms with Crippen molar-refractivity contribution in [2.75, 3.05) is 16.9 Å². The van der Waals surface area contributed by atoms with Crippen molar-refractivity contribution in [2.24, 2.45) is 35.0 Å². The van der Waals surface area contributed by atoms with E-state index in [1.165, 1.54) is 31.4 Å². The van der Waals surface area contributed by atoms with Gasteiger partial charge in [0.2, 0.25) is 23.6 Å². The number of benzene rings is 3. The molecule has 0 radical (unpaired) electrons. The maximum absolute atomic E-state index is 14.5. The molecule has 3 aromatic carbocycles. The van der Waals surface area contributed by atoms with Crippen molar-refractivity contribution in [2.45, 2.75) is 19.8 Å². The van der Waals surface area contributed by atoms with Crippen LogP contribution in [-0.2, 0) is 19.2 Å². The molecule has 11 nitrogen and oxygen atoms in total. The number of hydrogen-bond donors (Lipinski definition) is 3. The van der Waals surface area contributed by atoms with Gasteiger partial charge in [0.25, 0.3) is 0 Å². The Morgan fingerprint density at radius 2 is 1.66 bits per heavy atom. The maximum atomic E-state index is 14.5. The summed E-state index contributed by atoms with van der Waals surface area (Å²) in [6, 6.07) is 11.8. The first-order valence-corrected chi connectivity index (χ1v) is 16.2. The topological polar surface area (TPSA) is 162 Å². The number of carbonyl (C=O) groups excluding carboxylic acids is 4. The molecule has 0 aromatic heterocycles. The zero-order valence-electron chi connectivity index (χ0n) is 26.7. The minimum atomic E-state index is -1.38. The van der Waals surface area contributed by atoms with Gasteiger partial charge in [-0.1, -0.05) is 41.5 Å². The smallest absolute Gasteiger partial charge is 0.339 e. The minimum absolute atomic E-state index is 0.0169. The summed E-state index contributed by atoms with van der Waals surface area (Å²) in [5, 5.41) is 29.5. The van der Waals surface area contributed by atoms with Gasteiger partial charge in [-0.15, -0.1) is 0 Å².